The second-order valence-electron chi connectivity index (χ2n) is 7.46. The lowest BCUT2D eigenvalue weighted by Crippen LogP contribution is -2.34. The van der Waals surface area contributed by atoms with Crippen LogP contribution in [0.2, 0.25) is 0 Å². The molecule has 0 aliphatic carbocycles. The third kappa shape index (κ3) is 4.07. The zero-order chi connectivity index (χ0) is 22.9. The number of pyridine rings is 1. The molecule has 1 N–H and O–H groups in total. The predicted molar refractivity (Wildman–Crippen MR) is 123 cm³/mol. The maximum Gasteiger partial charge on any atom is 0.264 e. The van der Waals surface area contributed by atoms with Gasteiger partial charge in [0.15, 0.2) is 0 Å². The van der Waals surface area contributed by atoms with Crippen molar-refractivity contribution < 1.29 is 13.2 Å². The molecule has 1 amide bonds. The SMILES string of the molecule is CCN(CC)C(=O)c1c[nH]c2ccc(S(=O)(=O)N(C)c3ccc(C)c(C)c3)cc2c1=O. The Balaban J connectivity index is 2.10. The number of hydrogen-bond donors (Lipinski definition) is 1. The molecule has 0 aliphatic rings. The third-order valence-electron chi connectivity index (χ3n) is 5.65. The Morgan fingerprint density at radius 1 is 1.00 bits per heavy atom. The van der Waals surface area contributed by atoms with E-state index in [1.54, 1.807) is 17.0 Å². The van der Waals surface area contributed by atoms with Crippen LogP contribution in [0.25, 0.3) is 10.9 Å². The molecule has 0 spiro atoms. The van der Waals surface area contributed by atoms with Crippen molar-refractivity contribution in [2.45, 2.75) is 32.6 Å². The van der Waals surface area contributed by atoms with Crippen molar-refractivity contribution in [3.05, 3.63) is 69.5 Å². The van der Waals surface area contributed by atoms with E-state index in [2.05, 4.69) is 4.98 Å². The van der Waals surface area contributed by atoms with Crippen LogP contribution in [0.15, 0.2) is 52.3 Å². The first kappa shape index (κ1) is 22.6. The lowest BCUT2D eigenvalue weighted by molar-refractivity contribution is 0.0771. The number of aryl methyl sites for hydroxylation is 2. The average molecular weight is 442 g/mol. The summed E-state index contributed by atoms with van der Waals surface area (Å²) >= 11 is 0. The summed E-state index contributed by atoms with van der Waals surface area (Å²) in [6, 6.07) is 9.75. The molecule has 8 heteroatoms. The van der Waals surface area contributed by atoms with E-state index in [-0.39, 0.29) is 21.8 Å². The number of nitrogens with zero attached hydrogens (tertiary/aromatic N) is 2. The van der Waals surface area contributed by atoms with E-state index in [9.17, 15) is 18.0 Å². The van der Waals surface area contributed by atoms with Crippen molar-refractivity contribution in [2.75, 3.05) is 24.4 Å². The first-order valence-electron chi connectivity index (χ1n) is 10.1. The van der Waals surface area contributed by atoms with Gasteiger partial charge in [0.25, 0.3) is 15.9 Å². The van der Waals surface area contributed by atoms with Gasteiger partial charge in [-0.15, -0.1) is 0 Å². The molecule has 0 radical (unpaired) electrons. The highest BCUT2D eigenvalue weighted by atomic mass is 32.2. The van der Waals surface area contributed by atoms with Gasteiger partial charge in [-0.2, -0.15) is 0 Å². The first-order valence-corrected chi connectivity index (χ1v) is 11.6. The average Bonchev–Trinajstić information content (AvgIpc) is 2.76. The van der Waals surface area contributed by atoms with E-state index < -0.39 is 15.5 Å². The number of carbonyl (C=O) groups is 1. The standard InChI is InChI=1S/C23H27N3O4S/c1-6-26(7-2)23(28)20-14-24-21-11-10-18(13-19(21)22(20)27)31(29,30)25(5)17-9-8-15(3)16(4)12-17/h8-14H,6-7H2,1-5H3,(H,24,27). The predicted octanol–water partition coefficient (Wildman–Crippen LogP) is 3.45. The van der Waals surface area contributed by atoms with Crippen LogP contribution >= 0.6 is 0 Å². The molecule has 0 saturated heterocycles. The van der Waals surface area contributed by atoms with Gasteiger partial charge >= 0.3 is 0 Å². The minimum atomic E-state index is -3.90. The number of H-pyrrole nitrogens is 1. The van der Waals surface area contributed by atoms with Gasteiger partial charge in [-0.1, -0.05) is 6.07 Å². The third-order valence-corrected chi connectivity index (χ3v) is 7.43. The number of carbonyl (C=O) groups excluding carboxylic acids is 1. The van der Waals surface area contributed by atoms with Gasteiger partial charge in [-0.05, 0) is 69.2 Å². The summed E-state index contributed by atoms with van der Waals surface area (Å²) < 4.78 is 27.7. The van der Waals surface area contributed by atoms with Gasteiger partial charge in [-0.25, -0.2) is 8.42 Å². The number of fused-ring (bicyclic) bond motifs is 1. The van der Waals surface area contributed by atoms with Gasteiger partial charge in [0, 0.05) is 37.2 Å². The number of benzene rings is 2. The van der Waals surface area contributed by atoms with Crippen LogP contribution in [0.1, 0.15) is 35.3 Å². The van der Waals surface area contributed by atoms with Crippen molar-refractivity contribution in [1.29, 1.82) is 0 Å². The summed E-state index contributed by atoms with van der Waals surface area (Å²) in [5.74, 6) is -0.381. The lowest BCUT2D eigenvalue weighted by Gasteiger charge is -2.21. The Labute approximate surface area is 182 Å². The Morgan fingerprint density at radius 3 is 2.29 bits per heavy atom. The Bertz CT molecular complexity index is 1310. The Morgan fingerprint density at radius 2 is 1.68 bits per heavy atom. The summed E-state index contributed by atoms with van der Waals surface area (Å²) in [7, 11) is -2.42. The van der Waals surface area contributed by atoms with Gasteiger partial charge in [-0.3, -0.25) is 13.9 Å². The Hall–Kier alpha value is -3.13. The van der Waals surface area contributed by atoms with Crippen LogP contribution in [-0.2, 0) is 10.0 Å². The molecule has 1 aromatic heterocycles. The largest absolute Gasteiger partial charge is 0.360 e. The summed E-state index contributed by atoms with van der Waals surface area (Å²) in [5, 5.41) is 0.160. The number of nitrogens with one attached hydrogen (secondary N) is 1. The number of aromatic amines is 1. The van der Waals surface area contributed by atoms with Crippen LogP contribution in [0.3, 0.4) is 0 Å². The number of sulfonamides is 1. The summed E-state index contributed by atoms with van der Waals surface area (Å²) in [6.45, 7) is 8.50. The quantitative estimate of drug-likeness (QED) is 0.634. The maximum absolute atomic E-state index is 13.2. The molecule has 3 aromatic rings. The summed E-state index contributed by atoms with van der Waals surface area (Å²) in [5.41, 5.74) is 2.55. The highest BCUT2D eigenvalue weighted by molar-refractivity contribution is 7.92. The highest BCUT2D eigenvalue weighted by Crippen LogP contribution is 2.25. The van der Waals surface area contributed by atoms with Crippen LogP contribution in [0.5, 0.6) is 0 Å². The van der Waals surface area contributed by atoms with Crippen molar-refractivity contribution >= 4 is 32.5 Å². The molecule has 7 nitrogen and oxygen atoms in total. The molecule has 3 rings (SSSR count). The molecule has 0 bridgehead atoms. The van der Waals surface area contributed by atoms with Gasteiger partial charge in [0.2, 0.25) is 5.43 Å². The first-order chi connectivity index (χ1) is 14.6. The number of amides is 1. The molecule has 31 heavy (non-hydrogen) atoms. The second kappa shape index (κ2) is 8.55. The fourth-order valence-electron chi connectivity index (χ4n) is 3.42. The molecule has 2 aromatic carbocycles. The van der Waals surface area contributed by atoms with Crippen LogP contribution in [0.4, 0.5) is 5.69 Å². The van der Waals surface area contributed by atoms with E-state index in [4.69, 9.17) is 0 Å². The molecule has 1 heterocycles. The van der Waals surface area contributed by atoms with Gasteiger partial charge in [0.1, 0.15) is 5.56 Å². The number of hydrogen-bond acceptors (Lipinski definition) is 4. The number of rotatable bonds is 6. The fraction of sp³-hybridized carbons (Fsp3) is 0.304. The topological polar surface area (TPSA) is 90.6 Å². The van der Waals surface area contributed by atoms with E-state index in [1.165, 1.54) is 29.7 Å². The van der Waals surface area contributed by atoms with E-state index in [0.717, 1.165) is 11.1 Å². The van der Waals surface area contributed by atoms with E-state index in [1.807, 2.05) is 39.8 Å². The smallest absolute Gasteiger partial charge is 0.264 e. The van der Waals surface area contributed by atoms with Gasteiger partial charge in [0.05, 0.1) is 10.6 Å². The summed E-state index contributed by atoms with van der Waals surface area (Å²) in [4.78, 5) is 30.2. The van der Waals surface area contributed by atoms with Crippen molar-refractivity contribution in [2.24, 2.45) is 0 Å². The lowest BCUT2D eigenvalue weighted by atomic mass is 10.1. The normalized spacial score (nSPS) is 11.5. The summed E-state index contributed by atoms with van der Waals surface area (Å²) in [6.07, 6.45) is 1.39. The van der Waals surface area contributed by atoms with Crippen molar-refractivity contribution in [3.8, 4) is 0 Å². The minimum Gasteiger partial charge on any atom is -0.360 e. The van der Waals surface area contributed by atoms with Crippen LogP contribution < -0.4 is 9.73 Å². The fourth-order valence-corrected chi connectivity index (χ4v) is 4.63. The molecular weight excluding hydrogens is 414 g/mol. The van der Waals surface area contributed by atoms with E-state index >= 15 is 0 Å². The van der Waals surface area contributed by atoms with Crippen LogP contribution in [0, 0.1) is 13.8 Å². The molecule has 0 aliphatic heterocycles. The molecule has 0 atom stereocenters. The van der Waals surface area contributed by atoms with Gasteiger partial charge < -0.3 is 9.88 Å². The molecular formula is C23H27N3O4S. The Kier molecular flexibility index (Phi) is 6.22. The monoisotopic (exact) mass is 441 g/mol. The maximum atomic E-state index is 13.2. The van der Waals surface area contributed by atoms with Crippen molar-refractivity contribution in [1.82, 2.24) is 9.88 Å². The molecule has 164 valence electrons. The molecule has 0 fully saturated rings. The van der Waals surface area contributed by atoms with Crippen molar-refractivity contribution in [3.63, 3.8) is 0 Å². The molecule has 0 saturated carbocycles. The zero-order valence-corrected chi connectivity index (χ0v) is 19.2. The number of aromatic nitrogens is 1. The zero-order valence-electron chi connectivity index (χ0n) is 18.4. The second-order valence-corrected chi connectivity index (χ2v) is 9.43. The number of anilines is 1. The van der Waals surface area contributed by atoms with E-state index in [0.29, 0.717) is 24.3 Å². The minimum absolute atomic E-state index is 0.00624. The molecule has 0 unspecified atom stereocenters. The van der Waals surface area contributed by atoms with Crippen LogP contribution in [-0.4, -0.2) is 44.3 Å². The highest BCUT2D eigenvalue weighted by Gasteiger charge is 2.24.